The van der Waals surface area contributed by atoms with Gasteiger partial charge in [-0.25, -0.2) is 0 Å². The third-order valence-corrected chi connectivity index (χ3v) is 4.53. The number of ether oxygens (including phenoxy) is 1. The number of hydrogen-bond donors (Lipinski definition) is 1. The number of nitrogens with one attached hydrogen (secondary N) is 1. The molecule has 0 amide bonds. The number of esters is 1. The Morgan fingerprint density at radius 2 is 2.31 bits per heavy atom. The van der Waals surface area contributed by atoms with Crippen LogP contribution in [0.4, 0.5) is 0 Å². The first-order chi connectivity index (χ1) is 7.67. The molecule has 0 spiro atoms. The van der Waals surface area contributed by atoms with Crippen molar-refractivity contribution in [3.05, 3.63) is 0 Å². The lowest BCUT2D eigenvalue weighted by Crippen LogP contribution is -2.60. The van der Waals surface area contributed by atoms with Crippen molar-refractivity contribution in [2.75, 3.05) is 18.9 Å². The standard InChI is InChI=1S/C12H23NO2S/c1-4-8-13-12(11(14)15-5-2)7-6-9-16-10(12)3/h10,13H,4-9H2,1-3H3. The largest absolute Gasteiger partial charge is 0.465 e. The van der Waals surface area contributed by atoms with Gasteiger partial charge in [0.05, 0.1) is 6.61 Å². The molecule has 94 valence electrons. The number of rotatable bonds is 5. The lowest BCUT2D eigenvalue weighted by atomic mass is 9.89. The van der Waals surface area contributed by atoms with Crippen LogP contribution in [0, 0.1) is 0 Å². The maximum Gasteiger partial charge on any atom is 0.327 e. The number of carbonyl (C=O) groups is 1. The molecule has 1 rings (SSSR count). The average Bonchev–Trinajstić information content (AvgIpc) is 2.28. The molecule has 0 aromatic heterocycles. The molecule has 0 aliphatic carbocycles. The Hall–Kier alpha value is -0.220. The van der Waals surface area contributed by atoms with Gasteiger partial charge in [-0.15, -0.1) is 0 Å². The lowest BCUT2D eigenvalue weighted by Gasteiger charge is -2.40. The molecule has 1 aliphatic heterocycles. The third-order valence-electron chi connectivity index (χ3n) is 3.11. The summed E-state index contributed by atoms with van der Waals surface area (Å²) in [6.07, 6.45) is 3.03. The molecule has 0 radical (unpaired) electrons. The molecule has 0 bridgehead atoms. The van der Waals surface area contributed by atoms with Gasteiger partial charge >= 0.3 is 5.97 Å². The second kappa shape index (κ2) is 6.50. The van der Waals surface area contributed by atoms with E-state index in [1.165, 1.54) is 0 Å². The summed E-state index contributed by atoms with van der Waals surface area (Å²) in [4.78, 5) is 12.1. The van der Waals surface area contributed by atoms with E-state index >= 15 is 0 Å². The Balaban J connectivity index is 2.76. The Bertz CT molecular complexity index is 235. The van der Waals surface area contributed by atoms with Crippen molar-refractivity contribution in [1.29, 1.82) is 0 Å². The Kier molecular flexibility index (Phi) is 5.62. The van der Waals surface area contributed by atoms with Crippen molar-refractivity contribution in [3.63, 3.8) is 0 Å². The van der Waals surface area contributed by atoms with Gasteiger partial charge in [0.15, 0.2) is 0 Å². The molecular formula is C12H23NO2S. The maximum atomic E-state index is 12.1. The molecule has 0 aromatic rings. The van der Waals surface area contributed by atoms with E-state index in [0.717, 1.165) is 31.6 Å². The van der Waals surface area contributed by atoms with Crippen molar-refractivity contribution in [1.82, 2.24) is 5.32 Å². The van der Waals surface area contributed by atoms with Gasteiger partial charge < -0.3 is 10.1 Å². The van der Waals surface area contributed by atoms with Gasteiger partial charge in [-0.05, 0) is 38.5 Å². The maximum absolute atomic E-state index is 12.1. The van der Waals surface area contributed by atoms with Crippen LogP contribution in [-0.2, 0) is 9.53 Å². The normalized spacial score (nSPS) is 30.1. The Labute approximate surface area is 103 Å². The molecule has 16 heavy (non-hydrogen) atoms. The minimum absolute atomic E-state index is 0.0665. The van der Waals surface area contributed by atoms with E-state index < -0.39 is 5.54 Å². The Morgan fingerprint density at radius 3 is 2.88 bits per heavy atom. The summed E-state index contributed by atoms with van der Waals surface area (Å²) < 4.78 is 5.24. The van der Waals surface area contributed by atoms with E-state index in [9.17, 15) is 4.79 Å². The summed E-state index contributed by atoms with van der Waals surface area (Å²) in [5, 5.41) is 3.72. The van der Waals surface area contributed by atoms with Crippen LogP contribution in [0.3, 0.4) is 0 Å². The quantitative estimate of drug-likeness (QED) is 0.754. The van der Waals surface area contributed by atoms with Crippen LogP contribution in [0.2, 0.25) is 0 Å². The SMILES string of the molecule is CCCNC1(C(=O)OCC)CCCSC1C. The smallest absolute Gasteiger partial charge is 0.327 e. The van der Waals surface area contributed by atoms with Crippen LogP contribution in [0.1, 0.15) is 40.0 Å². The van der Waals surface area contributed by atoms with Gasteiger partial charge in [-0.3, -0.25) is 4.79 Å². The molecule has 1 fully saturated rings. The van der Waals surface area contributed by atoms with Crippen LogP contribution in [0.15, 0.2) is 0 Å². The van der Waals surface area contributed by atoms with Gasteiger partial charge in [0.2, 0.25) is 0 Å². The fraction of sp³-hybridized carbons (Fsp3) is 0.917. The van der Waals surface area contributed by atoms with E-state index in [4.69, 9.17) is 4.74 Å². The van der Waals surface area contributed by atoms with E-state index in [0.29, 0.717) is 11.9 Å². The Morgan fingerprint density at radius 1 is 1.56 bits per heavy atom. The molecule has 2 unspecified atom stereocenters. The van der Waals surface area contributed by atoms with Gasteiger partial charge in [0.25, 0.3) is 0 Å². The molecule has 1 saturated heterocycles. The number of carbonyl (C=O) groups excluding carboxylic acids is 1. The predicted octanol–water partition coefficient (Wildman–Crippen LogP) is 2.20. The molecule has 4 heteroatoms. The van der Waals surface area contributed by atoms with Gasteiger partial charge in [-0.1, -0.05) is 13.8 Å². The van der Waals surface area contributed by atoms with Gasteiger partial charge in [0.1, 0.15) is 5.54 Å². The summed E-state index contributed by atoms with van der Waals surface area (Å²) >= 11 is 1.87. The zero-order chi connectivity index (χ0) is 12.0. The highest BCUT2D eigenvalue weighted by Crippen LogP contribution is 2.35. The fourth-order valence-electron chi connectivity index (χ4n) is 2.14. The van der Waals surface area contributed by atoms with E-state index in [2.05, 4.69) is 19.2 Å². The highest BCUT2D eigenvalue weighted by Gasteiger charge is 2.46. The monoisotopic (exact) mass is 245 g/mol. The molecular weight excluding hydrogens is 222 g/mol. The van der Waals surface area contributed by atoms with E-state index in [1.54, 1.807) is 0 Å². The first kappa shape index (κ1) is 13.8. The molecule has 2 atom stereocenters. The van der Waals surface area contributed by atoms with Gasteiger partial charge in [-0.2, -0.15) is 11.8 Å². The number of hydrogen-bond acceptors (Lipinski definition) is 4. The predicted molar refractivity (Wildman–Crippen MR) is 68.8 cm³/mol. The molecule has 3 nitrogen and oxygen atoms in total. The second-order valence-electron chi connectivity index (χ2n) is 4.24. The van der Waals surface area contributed by atoms with Crippen molar-refractivity contribution in [2.24, 2.45) is 0 Å². The van der Waals surface area contributed by atoms with Crippen molar-refractivity contribution in [2.45, 2.75) is 50.8 Å². The van der Waals surface area contributed by atoms with Crippen molar-refractivity contribution >= 4 is 17.7 Å². The van der Waals surface area contributed by atoms with Crippen LogP contribution < -0.4 is 5.32 Å². The highest BCUT2D eigenvalue weighted by atomic mass is 32.2. The second-order valence-corrected chi connectivity index (χ2v) is 5.68. The summed E-state index contributed by atoms with van der Waals surface area (Å²) in [5.74, 6) is 1.08. The third kappa shape index (κ3) is 2.92. The summed E-state index contributed by atoms with van der Waals surface area (Å²) in [5.41, 5.74) is -0.449. The number of thioether (sulfide) groups is 1. The van der Waals surface area contributed by atoms with Gasteiger partial charge in [0, 0.05) is 5.25 Å². The summed E-state index contributed by atoms with van der Waals surface area (Å²) in [7, 11) is 0. The first-order valence-corrected chi connectivity index (χ1v) is 7.26. The zero-order valence-corrected chi connectivity index (χ0v) is 11.4. The van der Waals surface area contributed by atoms with Crippen LogP contribution in [0.5, 0.6) is 0 Å². The highest BCUT2D eigenvalue weighted by molar-refractivity contribution is 8.00. The minimum atomic E-state index is -0.449. The minimum Gasteiger partial charge on any atom is -0.465 e. The zero-order valence-electron chi connectivity index (χ0n) is 10.5. The van der Waals surface area contributed by atoms with Crippen molar-refractivity contribution in [3.8, 4) is 0 Å². The summed E-state index contributed by atoms with van der Waals surface area (Å²) in [6.45, 7) is 7.46. The molecule has 0 aromatic carbocycles. The molecule has 0 saturated carbocycles. The van der Waals surface area contributed by atoms with E-state index in [1.807, 2.05) is 18.7 Å². The first-order valence-electron chi connectivity index (χ1n) is 6.21. The van der Waals surface area contributed by atoms with Crippen LogP contribution in [-0.4, -0.2) is 35.7 Å². The fourth-order valence-corrected chi connectivity index (χ4v) is 3.38. The summed E-state index contributed by atoms with van der Waals surface area (Å²) in [6, 6.07) is 0. The van der Waals surface area contributed by atoms with E-state index in [-0.39, 0.29) is 5.97 Å². The van der Waals surface area contributed by atoms with Crippen LogP contribution >= 0.6 is 11.8 Å². The van der Waals surface area contributed by atoms with Crippen LogP contribution in [0.25, 0.3) is 0 Å². The topological polar surface area (TPSA) is 38.3 Å². The molecule has 1 N–H and O–H groups in total. The van der Waals surface area contributed by atoms with Crippen molar-refractivity contribution < 1.29 is 9.53 Å². The molecule has 1 aliphatic rings. The molecule has 1 heterocycles. The average molecular weight is 245 g/mol. The lowest BCUT2D eigenvalue weighted by molar-refractivity contribution is -0.151.